The predicted octanol–water partition coefficient (Wildman–Crippen LogP) is 1.83. The number of amides is 2. The number of fused-ring (bicyclic) bond motifs is 1. The summed E-state index contributed by atoms with van der Waals surface area (Å²) in [6.07, 6.45) is 0.975. The smallest absolute Gasteiger partial charge is 0.227 e. The summed E-state index contributed by atoms with van der Waals surface area (Å²) in [5, 5.41) is 0. The molecule has 1 aromatic heterocycles. The number of aromatic amines is 1. The number of carbonyl (C=O) groups excluding carboxylic acids is 2. The third kappa shape index (κ3) is 3.66. The second-order valence-corrected chi connectivity index (χ2v) is 6.57. The molecule has 0 bridgehead atoms. The first-order valence-electron chi connectivity index (χ1n) is 9.14. The van der Waals surface area contributed by atoms with Gasteiger partial charge in [0.25, 0.3) is 0 Å². The molecule has 2 heterocycles. The molecular weight excluding hydrogens is 332 g/mol. The fraction of sp³-hybridized carbons (Fsp3) is 0.526. The number of nitrogens with one attached hydrogen (secondary N) is 1. The van der Waals surface area contributed by atoms with Gasteiger partial charge in [0.1, 0.15) is 11.6 Å². The van der Waals surface area contributed by atoms with E-state index in [1.807, 2.05) is 36.9 Å². The number of imidazole rings is 1. The zero-order valence-corrected chi connectivity index (χ0v) is 15.6. The van der Waals surface area contributed by atoms with Gasteiger partial charge in [-0.05, 0) is 26.0 Å². The number of hydrogen-bond acceptors (Lipinski definition) is 4. The van der Waals surface area contributed by atoms with Crippen molar-refractivity contribution in [1.29, 1.82) is 0 Å². The average Bonchev–Trinajstić information content (AvgIpc) is 3.23. The molecule has 0 radical (unpaired) electrons. The summed E-state index contributed by atoms with van der Waals surface area (Å²) in [5.74, 6) is 1.55. The first-order valence-corrected chi connectivity index (χ1v) is 9.14. The fourth-order valence-corrected chi connectivity index (χ4v) is 3.45. The number of H-pyrrole nitrogens is 1. The first-order chi connectivity index (χ1) is 12.5. The Bertz CT molecular complexity index is 801. The second kappa shape index (κ2) is 7.76. The van der Waals surface area contributed by atoms with Crippen molar-refractivity contribution in [2.45, 2.75) is 26.7 Å². The lowest BCUT2D eigenvalue weighted by Crippen LogP contribution is -2.38. The Labute approximate surface area is 153 Å². The molecular formula is C19H26N4O3. The number of aromatic nitrogens is 2. The zero-order valence-electron chi connectivity index (χ0n) is 15.6. The van der Waals surface area contributed by atoms with Crippen LogP contribution in [-0.4, -0.2) is 64.9 Å². The number of likely N-dealkylation sites (tertiary alicyclic amines) is 1. The molecule has 140 valence electrons. The first kappa shape index (κ1) is 18.2. The van der Waals surface area contributed by atoms with Crippen LogP contribution in [0, 0.1) is 5.92 Å². The standard InChI is InChI=1S/C19H26N4O3/c1-4-22(19(25)13-10-18(24)23(5-2)12-13)9-8-17-20-15-7-6-14(26-3)11-16(15)21-17/h6-7,11,13H,4-5,8-10,12H2,1-3H3,(H,20,21). The number of rotatable bonds is 7. The maximum absolute atomic E-state index is 12.8. The summed E-state index contributed by atoms with van der Waals surface area (Å²) in [7, 11) is 1.64. The van der Waals surface area contributed by atoms with E-state index in [9.17, 15) is 9.59 Å². The molecule has 2 aromatic rings. The van der Waals surface area contributed by atoms with E-state index in [0.717, 1.165) is 22.6 Å². The molecule has 3 rings (SSSR count). The van der Waals surface area contributed by atoms with Crippen molar-refractivity contribution >= 4 is 22.8 Å². The number of ether oxygens (including phenoxy) is 1. The van der Waals surface area contributed by atoms with E-state index in [-0.39, 0.29) is 17.7 Å². The van der Waals surface area contributed by atoms with Crippen LogP contribution in [0.25, 0.3) is 11.0 Å². The van der Waals surface area contributed by atoms with E-state index >= 15 is 0 Å². The Kier molecular flexibility index (Phi) is 5.44. The van der Waals surface area contributed by atoms with Crippen LogP contribution in [-0.2, 0) is 16.0 Å². The van der Waals surface area contributed by atoms with Crippen LogP contribution >= 0.6 is 0 Å². The van der Waals surface area contributed by atoms with Gasteiger partial charge in [0.2, 0.25) is 11.8 Å². The van der Waals surface area contributed by atoms with Crippen molar-refractivity contribution in [1.82, 2.24) is 19.8 Å². The molecule has 1 aliphatic rings. The average molecular weight is 358 g/mol. The number of methoxy groups -OCH3 is 1. The Morgan fingerprint density at radius 3 is 2.88 bits per heavy atom. The molecule has 1 unspecified atom stereocenters. The van der Waals surface area contributed by atoms with Crippen molar-refractivity contribution in [3.63, 3.8) is 0 Å². The van der Waals surface area contributed by atoms with Crippen molar-refractivity contribution < 1.29 is 14.3 Å². The molecule has 0 saturated carbocycles. The maximum Gasteiger partial charge on any atom is 0.227 e. The molecule has 7 heteroatoms. The molecule has 0 aliphatic carbocycles. The number of benzene rings is 1. The molecule has 1 fully saturated rings. The Balaban J connectivity index is 1.63. The quantitative estimate of drug-likeness (QED) is 0.819. The summed E-state index contributed by atoms with van der Waals surface area (Å²) in [4.78, 5) is 36.1. The Hall–Kier alpha value is -2.57. The zero-order chi connectivity index (χ0) is 18.7. The highest BCUT2D eigenvalue weighted by molar-refractivity contribution is 5.89. The van der Waals surface area contributed by atoms with Crippen molar-refractivity contribution in [3.8, 4) is 5.75 Å². The SMILES string of the molecule is CCN1CC(C(=O)N(CC)CCc2nc3ccc(OC)cc3[nH]2)CC1=O. The molecule has 1 N–H and O–H groups in total. The van der Waals surface area contributed by atoms with Gasteiger partial charge in [0.05, 0.1) is 24.1 Å². The van der Waals surface area contributed by atoms with Crippen LogP contribution in [0.2, 0.25) is 0 Å². The minimum Gasteiger partial charge on any atom is -0.497 e. The highest BCUT2D eigenvalue weighted by Gasteiger charge is 2.35. The minimum absolute atomic E-state index is 0.0644. The number of nitrogens with zero attached hydrogens (tertiary/aromatic N) is 3. The van der Waals surface area contributed by atoms with Crippen LogP contribution in [0.4, 0.5) is 0 Å². The monoisotopic (exact) mass is 358 g/mol. The Morgan fingerprint density at radius 2 is 2.23 bits per heavy atom. The molecule has 7 nitrogen and oxygen atoms in total. The molecule has 26 heavy (non-hydrogen) atoms. The number of likely N-dealkylation sites (N-methyl/N-ethyl adjacent to an activating group) is 1. The van der Waals surface area contributed by atoms with E-state index in [0.29, 0.717) is 39.0 Å². The highest BCUT2D eigenvalue weighted by atomic mass is 16.5. The normalized spacial score (nSPS) is 17.1. The topological polar surface area (TPSA) is 78.5 Å². The van der Waals surface area contributed by atoms with Gasteiger partial charge in [-0.2, -0.15) is 0 Å². The fourth-order valence-electron chi connectivity index (χ4n) is 3.45. The third-order valence-corrected chi connectivity index (χ3v) is 5.00. The van der Waals surface area contributed by atoms with E-state index in [4.69, 9.17) is 4.74 Å². The summed E-state index contributed by atoms with van der Waals surface area (Å²) in [6, 6.07) is 5.71. The van der Waals surface area contributed by atoms with Crippen molar-refractivity contribution in [3.05, 3.63) is 24.0 Å². The van der Waals surface area contributed by atoms with Gasteiger partial charge in [0.15, 0.2) is 0 Å². The highest BCUT2D eigenvalue weighted by Crippen LogP contribution is 2.21. The van der Waals surface area contributed by atoms with E-state index in [1.165, 1.54) is 0 Å². The minimum atomic E-state index is -0.220. The molecule has 1 saturated heterocycles. The van der Waals surface area contributed by atoms with E-state index in [1.54, 1.807) is 12.0 Å². The lowest BCUT2D eigenvalue weighted by Gasteiger charge is -2.23. The van der Waals surface area contributed by atoms with Crippen LogP contribution in [0.5, 0.6) is 5.75 Å². The molecule has 1 atom stereocenters. The summed E-state index contributed by atoms with van der Waals surface area (Å²) in [5.41, 5.74) is 1.81. The molecule has 1 aliphatic heterocycles. The van der Waals surface area contributed by atoms with Crippen LogP contribution in [0.3, 0.4) is 0 Å². The molecule has 1 aromatic carbocycles. The largest absolute Gasteiger partial charge is 0.497 e. The van der Waals surface area contributed by atoms with Gasteiger partial charge in [-0.3, -0.25) is 9.59 Å². The van der Waals surface area contributed by atoms with Gasteiger partial charge in [0, 0.05) is 45.1 Å². The molecule has 2 amide bonds. The van der Waals surface area contributed by atoms with Gasteiger partial charge >= 0.3 is 0 Å². The van der Waals surface area contributed by atoms with Crippen molar-refractivity contribution in [2.24, 2.45) is 5.92 Å². The summed E-state index contributed by atoms with van der Waals surface area (Å²) >= 11 is 0. The van der Waals surface area contributed by atoms with Crippen molar-refractivity contribution in [2.75, 3.05) is 33.3 Å². The van der Waals surface area contributed by atoms with Gasteiger partial charge in [-0.1, -0.05) is 0 Å². The number of hydrogen-bond donors (Lipinski definition) is 1. The predicted molar refractivity (Wildman–Crippen MR) is 99.0 cm³/mol. The van der Waals surface area contributed by atoms with E-state index in [2.05, 4.69) is 9.97 Å². The molecule has 0 spiro atoms. The second-order valence-electron chi connectivity index (χ2n) is 6.57. The number of carbonyl (C=O) groups is 2. The van der Waals surface area contributed by atoms with Gasteiger partial charge < -0.3 is 19.5 Å². The van der Waals surface area contributed by atoms with Crippen LogP contribution in [0.15, 0.2) is 18.2 Å². The summed E-state index contributed by atoms with van der Waals surface area (Å²) in [6.45, 7) is 6.33. The summed E-state index contributed by atoms with van der Waals surface area (Å²) < 4.78 is 5.23. The lowest BCUT2D eigenvalue weighted by molar-refractivity contribution is -0.135. The van der Waals surface area contributed by atoms with Gasteiger partial charge in [-0.25, -0.2) is 4.98 Å². The van der Waals surface area contributed by atoms with Gasteiger partial charge in [-0.15, -0.1) is 0 Å². The maximum atomic E-state index is 12.8. The Morgan fingerprint density at radius 1 is 1.42 bits per heavy atom. The lowest BCUT2D eigenvalue weighted by atomic mass is 10.1. The van der Waals surface area contributed by atoms with Crippen LogP contribution in [0.1, 0.15) is 26.1 Å². The van der Waals surface area contributed by atoms with E-state index < -0.39 is 0 Å². The van der Waals surface area contributed by atoms with Crippen LogP contribution < -0.4 is 4.74 Å². The third-order valence-electron chi connectivity index (χ3n) is 5.00.